The van der Waals surface area contributed by atoms with Crippen LogP contribution in [0.25, 0.3) is 6.08 Å². The Morgan fingerprint density at radius 1 is 1.15 bits per heavy atom. The molecule has 1 N–H and O–H groups in total. The van der Waals surface area contributed by atoms with Crippen molar-refractivity contribution in [2.75, 3.05) is 12.4 Å². The van der Waals surface area contributed by atoms with Crippen LogP contribution < -0.4 is 5.32 Å². The van der Waals surface area contributed by atoms with Crippen LogP contribution in [0.5, 0.6) is 0 Å². The zero-order chi connectivity index (χ0) is 15.0. The highest BCUT2D eigenvalue weighted by Crippen LogP contribution is 2.36. The van der Waals surface area contributed by atoms with E-state index in [0.29, 0.717) is 0 Å². The maximum absolute atomic E-state index is 5.91. The van der Waals surface area contributed by atoms with Crippen LogP contribution >= 0.6 is 0 Å². The second-order valence-corrected chi connectivity index (χ2v) is 6.10. The molecular weight excluding hydrogens is 251 g/mol. The van der Waals surface area contributed by atoms with E-state index < -0.39 is 0 Å². The van der Waals surface area contributed by atoms with Crippen LogP contribution in [0.2, 0.25) is 0 Å². The summed E-state index contributed by atoms with van der Waals surface area (Å²) in [6.45, 7) is 10.2. The molecule has 0 amide bonds. The minimum absolute atomic E-state index is 0.304. The molecule has 2 heterocycles. The van der Waals surface area contributed by atoms with Gasteiger partial charge >= 0.3 is 7.12 Å². The number of pyridine rings is 1. The molecule has 1 aromatic heterocycles. The molecule has 1 aromatic rings. The molecule has 0 saturated carbocycles. The predicted octanol–water partition coefficient (Wildman–Crippen LogP) is 3.08. The summed E-state index contributed by atoms with van der Waals surface area (Å²) in [4.78, 5) is 4.52. The van der Waals surface area contributed by atoms with Crippen molar-refractivity contribution >= 4 is 18.9 Å². The van der Waals surface area contributed by atoms with Gasteiger partial charge in [0.2, 0.25) is 0 Å². The summed E-state index contributed by atoms with van der Waals surface area (Å²) in [5.41, 5.74) is 2.31. The number of nitrogens with zero attached hydrogens (tertiary/aromatic N) is 1. The Labute approximate surface area is 121 Å². The average Bonchev–Trinajstić information content (AvgIpc) is 2.55. The van der Waals surface area contributed by atoms with Crippen LogP contribution in [0.15, 0.2) is 18.1 Å². The molecule has 1 aliphatic heterocycles. The predicted molar refractivity (Wildman–Crippen MR) is 83.6 cm³/mol. The molecule has 4 nitrogen and oxygen atoms in total. The standard InChI is InChI=1S/C15H23BN2O2/c1-11-13(17-6)8-7-12(18-11)9-10-16-19-14(2,3)15(4,5)20-16/h7-10,17H,1-6H3/b10-9+. The molecule has 1 fully saturated rings. The van der Waals surface area contributed by atoms with Gasteiger partial charge in [0.05, 0.1) is 28.3 Å². The Kier molecular flexibility index (Phi) is 3.94. The number of hydrogen-bond donors (Lipinski definition) is 1. The lowest BCUT2D eigenvalue weighted by Gasteiger charge is -2.32. The summed E-state index contributed by atoms with van der Waals surface area (Å²) in [7, 11) is 1.57. The maximum Gasteiger partial charge on any atom is 0.487 e. The highest BCUT2D eigenvalue weighted by Gasteiger charge is 2.49. The van der Waals surface area contributed by atoms with Crippen molar-refractivity contribution in [2.45, 2.75) is 45.8 Å². The molecule has 20 heavy (non-hydrogen) atoms. The number of hydrogen-bond acceptors (Lipinski definition) is 4. The fourth-order valence-electron chi connectivity index (χ4n) is 2.08. The first-order valence-corrected chi connectivity index (χ1v) is 6.94. The Balaban J connectivity index is 2.10. The first-order chi connectivity index (χ1) is 9.25. The van der Waals surface area contributed by atoms with Gasteiger partial charge in [-0.3, -0.25) is 4.98 Å². The van der Waals surface area contributed by atoms with Gasteiger partial charge in [-0.25, -0.2) is 0 Å². The van der Waals surface area contributed by atoms with Crippen LogP contribution in [0, 0.1) is 6.92 Å². The number of aromatic nitrogens is 1. The largest absolute Gasteiger partial charge is 0.487 e. The van der Waals surface area contributed by atoms with Gasteiger partial charge in [-0.2, -0.15) is 0 Å². The summed E-state index contributed by atoms with van der Waals surface area (Å²) >= 11 is 0. The van der Waals surface area contributed by atoms with Crippen LogP contribution in [-0.4, -0.2) is 30.4 Å². The van der Waals surface area contributed by atoms with E-state index in [9.17, 15) is 0 Å². The van der Waals surface area contributed by atoms with E-state index in [1.807, 2.05) is 65.9 Å². The fraction of sp³-hybridized carbons (Fsp3) is 0.533. The third-order valence-electron chi connectivity index (χ3n) is 4.07. The molecule has 0 atom stereocenters. The molecule has 5 heteroatoms. The van der Waals surface area contributed by atoms with Gasteiger partial charge < -0.3 is 14.6 Å². The lowest BCUT2D eigenvalue weighted by molar-refractivity contribution is 0.00578. The SMILES string of the molecule is CNc1ccc(/C=C/B2OC(C)(C)C(C)(C)O2)nc1C. The van der Waals surface area contributed by atoms with E-state index in [-0.39, 0.29) is 18.3 Å². The summed E-state index contributed by atoms with van der Waals surface area (Å²) in [6, 6.07) is 3.99. The molecule has 1 saturated heterocycles. The highest BCUT2D eigenvalue weighted by molar-refractivity contribution is 6.52. The second-order valence-electron chi connectivity index (χ2n) is 6.10. The van der Waals surface area contributed by atoms with Crippen molar-refractivity contribution < 1.29 is 9.31 Å². The number of anilines is 1. The zero-order valence-electron chi connectivity index (χ0n) is 13.2. The van der Waals surface area contributed by atoms with Crippen molar-refractivity contribution in [2.24, 2.45) is 0 Å². The zero-order valence-corrected chi connectivity index (χ0v) is 13.2. The van der Waals surface area contributed by atoms with Crippen LogP contribution in [0.4, 0.5) is 5.69 Å². The summed E-state index contributed by atoms with van der Waals surface area (Å²) < 4.78 is 11.8. The minimum Gasteiger partial charge on any atom is -0.400 e. The van der Waals surface area contributed by atoms with Gasteiger partial charge in [0.15, 0.2) is 0 Å². The first-order valence-electron chi connectivity index (χ1n) is 6.94. The van der Waals surface area contributed by atoms with Crippen molar-refractivity contribution in [1.29, 1.82) is 0 Å². The quantitative estimate of drug-likeness (QED) is 0.860. The molecule has 1 aliphatic rings. The Hall–Kier alpha value is -1.33. The lowest BCUT2D eigenvalue weighted by Crippen LogP contribution is -2.41. The number of rotatable bonds is 3. The summed E-state index contributed by atoms with van der Waals surface area (Å²) in [5, 5.41) is 3.11. The minimum atomic E-state index is -0.328. The van der Waals surface area contributed by atoms with Gasteiger partial charge in [-0.1, -0.05) is 5.98 Å². The smallest absolute Gasteiger partial charge is 0.400 e. The van der Waals surface area contributed by atoms with Gasteiger partial charge in [0.1, 0.15) is 0 Å². The maximum atomic E-state index is 5.91. The van der Waals surface area contributed by atoms with Crippen molar-refractivity contribution in [3.05, 3.63) is 29.5 Å². The van der Waals surface area contributed by atoms with Crippen LogP contribution in [-0.2, 0) is 9.31 Å². The van der Waals surface area contributed by atoms with Gasteiger partial charge in [0, 0.05) is 7.05 Å². The normalized spacial score (nSPS) is 20.6. The van der Waals surface area contributed by atoms with E-state index in [1.54, 1.807) is 0 Å². The lowest BCUT2D eigenvalue weighted by atomic mass is 9.89. The first kappa shape index (κ1) is 15.1. The van der Waals surface area contributed by atoms with Crippen molar-refractivity contribution in [3.8, 4) is 0 Å². The topological polar surface area (TPSA) is 43.4 Å². The van der Waals surface area contributed by atoms with E-state index in [0.717, 1.165) is 17.1 Å². The number of aryl methyl sites for hydroxylation is 1. The van der Waals surface area contributed by atoms with Gasteiger partial charge in [0.25, 0.3) is 0 Å². The molecular formula is C15H23BN2O2. The monoisotopic (exact) mass is 274 g/mol. The highest BCUT2D eigenvalue weighted by atomic mass is 16.7. The third kappa shape index (κ3) is 2.89. The molecule has 2 rings (SSSR count). The molecule has 108 valence electrons. The van der Waals surface area contributed by atoms with Crippen LogP contribution in [0.1, 0.15) is 39.1 Å². The van der Waals surface area contributed by atoms with E-state index >= 15 is 0 Å². The van der Waals surface area contributed by atoms with Crippen molar-refractivity contribution in [1.82, 2.24) is 4.98 Å². The fourth-order valence-corrected chi connectivity index (χ4v) is 2.08. The Morgan fingerprint density at radius 2 is 1.75 bits per heavy atom. The molecule has 0 spiro atoms. The molecule has 0 radical (unpaired) electrons. The molecule has 0 bridgehead atoms. The third-order valence-corrected chi connectivity index (χ3v) is 4.07. The second kappa shape index (κ2) is 5.22. The van der Waals surface area contributed by atoms with Crippen LogP contribution in [0.3, 0.4) is 0 Å². The van der Waals surface area contributed by atoms with Crippen molar-refractivity contribution in [3.63, 3.8) is 0 Å². The van der Waals surface area contributed by atoms with Gasteiger partial charge in [-0.05, 0) is 52.8 Å². The molecule has 0 unspecified atom stereocenters. The summed E-state index contributed by atoms with van der Waals surface area (Å²) in [6.07, 6.45) is 1.94. The summed E-state index contributed by atoms with van der Waals surface area (Å²) in [5.74, 6) is 1.91. The number of nitrogens with one attached hydrogen (secondary N) is 1. The molecule has 0 aromatic carbocycles. The van der Waals surface area contributed by atoms with E-state index in [1.165, 1.54) is 0 Å². The Bertz CT molecular complexity index is 511. The van der Waals surface area contributed by atoms with Gasteiger partial charge in [-0.15, -0.1) is 0 Å². The van der Waals surface area contributed by atoms with E-state index in [4.69, 9.17) is 9.31 Å². The average molecular weight is 274 g/mol. The molecule has 0 aliphatic carbocycles. The Morgan fingerprint density at radius 3 is 2.25 bits per heavy atom. The van der Waals surface area contributed by atoms with E-state index in [2.05, 4.69) is 10.3 Å².